The minimum Gasteiger partial charge on any atom is -0.481 e. The molecule has 1 unspecified atom stereocenters. The highest BCUT2D eigenvalue weighted by Crippen LogP contribution is 2.31. The Hall–Kier alpha value is -1.06. The van der Waals surface area contributed by atoms with Gasteiger partial charge in [0, 0.05) is 0 Å². The summed E-state index contributed by atoms with van der Waals surface area (Å²) in [6.45, 7) is 3.87. The summed E-state index contributed by atoms with van der Waals surface area (Å²) in [6.07, 6.45) is 11.3. The van der Waals surface area contributed by atoms with Crippen LogP contribution in [0.25, 0.3) is 0 Å². The third kappa shape index (κ3) is 6.06. The van der Waals surface area contributed by atoms with Gasteiger partial charge in [0.25, 0.3) is 0 Å². The lowest BCUT2D eigenvalue weighted by atomic mass is 9.89. The average Bonchev–Trinajstić information content (AvgIpc) is 2.72. The summed E-state index contributed by atoms with van der Waals surface area (Å²) < 4.78 is 5.20. The Morgan fingerprint density at radius 2 is 1.57 bits per heavy atom. The van der Waals surface area contributed by atoms with Gasteiger partial charge in [-0.1, -0.05) is 65.2 Å². The summed E-state index contributed by atoms with van der Waals surface area (Å²) in [4.78, 5) is 22.7. The van der Waals surface area contributed by atoms with Gasteiger partial charge in [-0.15, -0.1) is 0 Å². The van der Waals surface area contributed by atoms with Crippen molar-refractivity contribution in [2.45, 2.75) is 84.2 Å². The maximum absolute atomic E-state index is 11.5. The second-order valence-electron chi connectivity index (χ2n) is 6.25. The number of unbranched alkanes of at least 4 members (excludes halogenated alkanes) is 8. The molecule has 1 rings (SSSR count). The number of ether oxygens (including phenoxy) is 1. The zero-order valence-electron chi connectivity index (χ0n) is 13.5. The number of esters is 1. The van der Waals surface area contributed by atoms with E-state index in [1.165, 1.54) is 44.9 Å². The predicted octanol–water partition coefficient (Wildman–Crippen LogP) is 4.17. The quantitative estimate of drug-likeness (QED) is 0.459. The summed E-state index contributed by atoms with van der Waals surface area (Å²) in [6, 6.07) is 0. The van der Waals surface area contributed by atoms with Crippen molar-refractivity contribution in [3.8, 4) is 0 Å². The fourth-order valence-corrected chi connectivity index (χ4v) is 3.07. The van der Waals surface area contributed by atoms with E-state index in [0.717, 1.165) is 12.8 Å². The molecule has 3 atom stereocenters. The van der Waals surface area contributed by atoms with Crippen molar-refractivity contribution < 1.29 is 19.4 Å². The normalized spacial score (nSPS) is 25.0. The minimum absolute atomic E-state index is 0.358. The maximum atomic E-state index is 11.5. The van der Waals surface area contributed by atoms with Gasteiger partial charge < -0.3 is 9.84 Å². The summed E-state index contributed by atoms with van der Waals surface area (Å²) >= 11 is 0. The van der Waals surface area contributed by atoms with Crippen molar-refractivity contribution in [2.75, 3.05) is 0 Å². The van der Waals surface area contributed by atoms with Crippen LogP contribution in [0.1, 0.15) is 78.1 Å². The smallest absolute Gasteiger partial charge is 0.311 e. The number of carboxylic acids is 1. The maximum Gasteiger partial charge on any atom is 0.311 e. The second-order valence-corrected chi connectivity index (χ2v) is 6.25. The van der Waals surface area contributed by atoms with E-state index < -0.39 is 23.9 Å². The molecule has 0 amide bonds. The summed E-state index contributed by atoms with van der Waals surface area (Å²) in [7, 11) is 0. The lowest BCUT2D eigenvalue weighted by molar-refractivity contribution is -0.144. The third-order valence-corrected chi connectivity index (χ3v) is 4.46. The fourth-order valence-electron chi connectivity index (χ4n) is 3.07. The van der Waals surface area contributed by atoms with Crippen LogP contribution >= 0.6 is 0 Å². The van der Waals surface area contributed by atoms with Gasteiger partial charge in [0.1, 0.15) is 12.0 Å². The molecule has 0 aromatic rings. The molecule has 0 spiro atoms. The molecule has 0 bridgehead atoms. The van der Waals surface area contributed by atoms with E-state index in [0.29, 0.717) is 6.42 Å². The highest BCUT2D eigenvalue weighted by atomic mass is 16.6. The molecule has 0 aliphatic carbocycles. The Balaban J connectivity index is 2.09. The SMILES string of the molecule is CCCCCCCCCCC[C@H]1OC(=O)[C@@H](C)C1C(=O)O. The van der Waals surface area contributed by atoms with E-state index in [1.54, 1.807) is 6.92 Å². The van der Waals surface area contributed by atoms with Crippen LogP contribution in [-0.4, -0.2) is 23.1 Å². The summed E-state index contributed by atoms with van der Waals surface area (Å²) in [5.41, 5.74) is 0. The molecule has 0 saturated carbocycles. The molecule has 0 aromatic heterocycles. The first kappa shape index (κ1) is 18.0. The lowest BCUT2D eigenvalue weighted by Gasteiger charge is -2.15. The zero-order valence-corrected chi connectivity index (χ0v) is 13.5. The van der Waals surface area contributed by atoms with E-state index in [-0.39, 0.29) is 5.97 Å². The molecule has 1 fully saturated rings. The largest absolute Gasteiger partial charge is 0.481 e. The third-order valence-electron chi connectivity index (χ3n) is 4.46. The van der Waals surface area contributed by atoms with Crippen LogP contribution in [0.3, 0.4) is 0 Å². The molecular weight excluding hydrogens is 268 g/mol. The lowest BCUT2D eigenvalue weighted by Crippen LogP contribution is -2.27. The van der Waals surface area contributed by atoms with Crippen LogP contribution in [0.4, 0.5) is 0 Å². The first-order valence-electron chi connectivity index (χ1n) is 8.51. The molecule has 1 heterocycles. The van der Waals surface area contributed by atoms with Crippen LogP contribution in [0.2, 0.25) is 0 Å². The Labute approximate surface area is 128 Å². The number of carbonyl (C=O) groups excluding carboxylic acids is 1. The highest BCUT2D eigenvalue weighted by molar-refractivity contribution is 5.84. The first-order chi connectivity index (χ1) is 10.1. The molecule has 21 heavy (non-hydrogen) atoms. The van der Waals surface area contributed by atoms with Crippen molar-refractivity contribution in [2.24, 2.45) is 11.8 Å². The number of rotatable bonds is 11. The van der Waals surface area contributed by atoms with Gasteiger partial charge in [0.2, 0.25) is 0 Å². The summed E-state index contributed by atoms with van der Waals surface area (Å²) in [5, 5.41) is 9.18. The molecule has 1 saturated heterocycles. The van der Waals surface area contributed by atoms with Gasteiger partial charge in [-0.25, -0.2) is 0 Å². The second kappa shape index (κ2) is 9.80. The Morgan fingerprint density at radius 1 is 1.05 bits per heavy atom. The number of hydrogen-bond acceptors (Lipinski definition) is 3. The molecule has 0 aromatic carbocycles. The molecule has 1 aliphatic heterocycles. The highest BCUT2D eigenvalue weighted by Gasteiger charge is 2.45. The van der Waals surface area contributed by atoms with Crippen LogP contribution in [0.5, 0.6) is 0 Å². The molecule has 1 aliphatic rings. The number of cyclic esters (lactones) is 1. The average molecular weight is 298 g/mol. The topological polar surface area (TPSA) is 63.6 Å². The molecule has 1 N–H and O–H groups in total. The minimum atomic E-state index is -0.908. The van der Waals surface area contributed by atoms with E-state index >= 15 is 0 Å². The van der Waals surface area contributed by atoms with E-state index in [1.807, 2.05) is 0 Å². The number of carboxylic acid groups (broad SMARTS) is 1. The van der Waals surface area contributed by atoms with E-state index in [4.69, 9.17) is 4.74 Å². The van der Waals surface area contributed by atoms with E-state index in [9.17, 15) is 14.7 Å². The summed E-state index contributed by atoms with van der Waals surface area (Å²) in [5.74, 6) is -2.43. The standard InChI is InChI=1S/C17H30O4/c1-3-4-5-6-7-8-9-10-11-12-14-15(16(18)19)13(2)17(20)21-14/h13-15H,3-12H2,1-2H3,(H,18,19)/t13-,14+,15?/m0/s1. The van der Waals surface area contributed by atoms with Crippen LogP contribution in [0, 0.1) is 11.8 Å². The Bertz CT molecular complexity index is 327. The van der Waals surface area contributed by atoms with Crippen molar-refractivity contribution in [1.82, 2.24) is 0 Å². The van der Waals surface area contributed by atoms with Crippen LogP contribution in [-0.2, 0) is 14.3 Å². The van der Waals surface area contributed by atoms with Gasteiger partial charge in [0.15, 0.2) is 0 Å². The van der Waals surface area contributed by atoms with Crippen molar-refractivity contribution >= 4 is 11.9 Å². The van der Waals surface area contributed by atoms with Crippen molar-refractivity contribution in [3.63, 3.8) is 0 Å². The van der Waals surface area contributed by atoms with E-state index in [2.05, 4.69) is 6.92 Å². The molecule has 4 nitrogen and oxygen atoms in total. The molecule has 4 heteroatoms. The monoisotopic (exact) mass is 298 g/mol. The predicted molar refractivity (Wildman–Crippen MR) is 82.0 cm³/mol. The van der Waals surface area contributed by atoms with Crippen molar-refractivity contribution in [3.05, 3.63) is 0 Å². The van der Waals surface area contributed by atoms with Gasteiger partial charge in [-0.2, -0.15) is 0 Å². The van der Waals surface area contributed by atoms with Gasteiger partial charge in [-0.3, -0.25) is 9.59 Å². The Kier molecular flexibility index (Phi) is 8.40. The van der Waals surface area contributed by atoms with Crippen LogP contribution in [0.15, 0.2) is 0 Å². The van der Waals surface area contributed by atoms with Crippen LogP contribution < -0.4 is 0 Å². The van der Waals surface area contributed by atoms with Gasteiger partial charge in [0.05, 0.1) is 5.92 Å². The van der Waals surface area contributed by atoms with Gasteiger partial charge >= 0.3 is 11.9 Å². The molecular formula is C17H30O4. The molecule has 122 valence electrons. The zero-order chi connectivity index (χ0) is 15.7. The number of aliphatic carboxylic acids is 1. The van der Waals surface area contributed by atoms with Crippen molar-refractivity contribution in [1.29, 1.82) is 0 Å². The molecule has 0 radical (unpaired) electrons. The number of carbonyl (C=O) groups is 2. The Morgan fingerprint density at radius 3 is 2.10 bits per heavy atom. The number of hydrogen-bond donors (Lipinski definition) is 1. The fraction of sp³-hybridized carbons (Fsp3) is 0.882. The first-order valence-corrected chi connectivity index (χ1v) is 8.51. The van der Waals surface area contributed by atoms with Gasteiger partial charge in [-0.05, 0) is 12.8 Å².